The van der Waals surface area contributed by atoms with Gasteiger partial charge in [0, 0.05) is 25.4 Å². The van der Waals surface area contributed by atoms with E-state index in [1.54, 1.807) is 16.4 Å². The highest BCUT2D eigenvalue weighted by Crippen LogP contribution is 2.32. The molecule has 1 aliphatic rings. The summed E-state index contributed by atoms with van der Waals surface area (Å²) in [7, 11) is -2.15. The Bertz CT molecular complexity index is 1180. The van der Waals surface area contributed by atoms with Gasteiger partial charge >= 0.3 is 0 Å². The normalized spacial score (nSPS) is 14.9. The van der Waals surface area contributed by atoms with Crippen LogP contribution in [0.4, 0.5) is 5.69 Å². The molecule has 0 saturated carbocycles. The molecule has 3 aromatic carbocycles. The third kappa shape index (κ3) is 6.10. The zero-order valence-electron chi connectivity index (χ0n) is 20.0. The number of benzene rings is 3. The van der Waals surface area contributed by atoms with Gasteiger partial charge in [-0.1, -0.05) is 73.5 Å². The van der Waals surface area contributed by atoms with Crippen LogP contribution in [0.2, 0.25) is 0 Å². The summed E-state index contributed by atoms with van der Waals surface area (Å²) in [4.78, 5) is 13.4. The number of carbonyl (C=O) groups excluding carboxylic acids is 1. The van der Waals surface area contributed by atoms with Crippen molar-refractivity contribution in [1.29, 1.82) is 0 Å². The first-order chi connectivity index (χ1) is 17.0. The van der Waals surface area contributed by atoms with E-state index in [9.17, 15) is 13.2 Å². The van der Waals surface area contributed by atoms with Crippen molar-refractivity contribution in [3.8, 4) is 5.75 Å². The highest BCUT2D eigenvalue weighted by molar-refractivity contribution is 7.89. The maximum atomic E-state index is 13.3. The van der Waals surface area contributed by atoms with Crippen molar-refractivity contribution in [2.75, 3.05) is 25.5 Å². The molecule has 3 aromatic rings. The largest absolute Gasteiger partial charge is 0.495 e. The Hall–Kier alpha value is -3.16. The number of nitrogens with zero attached hydrogens (tertiary/aromatic N) is 1. The Balaban J connectivity index is 1.58. The van der Waals surface area contributed by atoms with Gasteiger partial charge in [-0.25, -0.2) is 8.42 Å². The smallest absolute Gasteiger partial charge is 0.243 e. The quantitative estimate of drug-likeness (QED) is 0.456. The first-order valence-electron chi connectivity index (χ1n) is 12.1. The van der Waals surface area contributed by atoms with Gasteiger partial charge in [0.2, 0.25) is 15.9 Å². The minimum atomic E-state index is -3.65. The van der Waals surface area contributed by atoms with E-state index in [-0.39, 0.29) is 23.1 Å². The molecule has 6 nitrogen and oxygen atoms in total. The van der Waals surface area contributed by atoms with Gasteiger partial charge in [0.15, 0.2) is 0 Å². The Morgan fingerprint density at radius 3 is 2.00 bits per heavy atom. The molecule has 1 saturated heterocycles. The molecule has 7 heteroatoms. The lowest BCUT2D eigenvalue weighted by atomic mass is 9.88. The number of hydrogen-bond acceptors (Lipinski definition) is 4. The maximum absolute atomic E-state index is 13.3. The van der Waals surface area contributed by atoms with E-state index in [0.717, 1.165) is 36.8 Å². The molecule has 0 atom stereocenters. The van der Waals surface area contributed by atoms with Crippen molar-refractivity contribution < 1.29 is 17.9 Å². The van der Waals surface area contributed by atoms with Crippen LogP contribution >= 0.6 is 0 Å². The zero-order valence-corrected chi connectivity index (χ0v) is 20.8. The second kappa shape index (κ2) is 11.5. The molecule has 0 radical (unpaired) electrons. The first-order valence-corrected chi connectivity index (χ1v) is 13.5. The Morgan fingerprint density at radius 2 is 1.46 bits per heavy atom. The number of amides is 1. The molecule has 1 aliphatic heterocycles. The van der Waals surface area contributed by atoms with Crippen LogP contribution < -0.4 is 10.1 Å². The van der Waals surface area contributed by atoms with Crippen LogP contribution in [0.1, 0.15) is 49.1 Å². The van der Waals surface area contributed by atoms with Crippen molar-refractivity contribution in [2.24, 2.45) is 0 Å². The van der Waals surface area contributed by atoms with Crippen molar-refractivity contribution in [3.63, 3.8) is 0 Å². The molecule has 0 bridgehead atoms. The van der Waals surface area contributed by atoms with E-state index in [4.69, 9.17) is 4.74 Å². The number of rotatable bonds is 8. The predicted molar refractivity (Wildman–Crippen MR) is 138 cm³/mol. The van der Waals surface area contributed by atoms with E-state index >= 15 is 0 Å². The lowest BCUT2D eigenvalue weighted by molar-refractivity contribution is -0.116. The van der Waals surface area contributed by atoms with Crippen LogP contribution in [-0.2, 0) is 14.8 Å². The monoisotopic (exact) mass is 492 g/mol. The van der Waals surface area contributed by atoms with Gasteiger partial charge in [0.05, 0.1) is 17.7 Å². The summed E-state index contributed by atoms with van der Waals surface area (Å²) in [6, 6.07) is 24.5. The van der Waals surface area contributed by atoms with E-state index in [1.165, 1.54) is 13.2 Å². The van der Waals surface area contributed by atoms with E-state index in [0.29, 0.717) is 24.5 Å². The minimum absolute atomic E-state index is 0.132. The lowest BCUT2D eigenvalue weighted by Crippen LogP contribution is -2.32. The summed E-state index contributed by atoms with van der Waals surface area (Å²) in [6.45, 7) is 1.04. The van der Waals surface area contributed by atoms with Gasteiger partial charge in [-0.15, -0.1) is 0 Å². The highest BCUT2D eigenvalue weighted by Gasteiger charge is 2.27. The molecule has 0 aliphatic carbocycles. The Labute approximate surface area is 208 Å². The average Bonchev–Trinajstić information content (AvgIpc) is 3.19. The molecule has 0 aromatic heterocycles. The van der Waals surface area contributed by atoms with Crippen molar-refractivity contribution in [1.82, 2.24) is 4.31 Å². The molecular formula is C28H32N2O4S. The standard InChI is InChI=1S/C28H32N2O4S/c1-34-27-17-16-24(35(32,33)30-18-10-2-3-11-19-30)20-26(27)29-28(31)21-25(22-12-6-4-7-13-22)23-14-8-5-9-15-23/h4-9,12-17,20,25H,2-3,10-11,18-19,21H2,1H3,(H,29,31). The van der Waals surface area contributed by atoms with Crippen LogP contribution in [0.15, 0.2) is 83.8 Å². The Kier molecular flexibility index (Phi) is 8.21. The van der Waals surface area contributed by atoms with Gasteiger partial charge in [-0.2, -0.15) is 4.31 Å². The zero-order chi connectivity index (χ0) is 24.7. The summed E-state index contributed by atoms with van der Waals surface area (Å²) in [6.07, 6.45) is 4.01. The third-order valence-electron chi connectivity index (χ3n) is 6.44. The molecule has 35 heavy (non-hydrogen) atoms. The number of sulfonamides is 1. The topological polar surface area (TPSA) is 75.7 Å². The van der Waals surface area contributed by atoms with E-state index in [1.807, 2.05) is 60.7 Å². The number of methoxy groups -OCH3 is 1. The number of hydrogen-bond donors (Lipinski definition) is 1. The molecular weight excluding hydrogens is 460 g/mol. The van der Waals surface area contributed by atoms with Gasteiger partial charge in [-0.3, -0.25) is 4.79 Å². The lowest BCUT2D eigenvalue weighted by Gasteiger charge is -2.21. The molecule has 184 valence electrons. The summed E-state index contributed by atoms with van der Waals surface area (Å²) in [5.74, 6) is 0.0712. The first kappa shape index (κ1) is 24.9. The number of nitrogens with one attached hydrogen (secondary N) is 1. The van der Waals surface area contributed by atoms with Crippen molar-refractivity contribution in [2.45, 2.75) is 42.9 Å². The maximum Gasteiger partial charge on any atom is 0.243 e. The van der Waals surface area contributed by atoms with Crippen LogP contribution in [-0.4, -0.2) is 38.8 Å². The number of carbonyl (C=O) groups is 1. The molecule has 1 heterocycles. The van der Waals surface area contributed by atoms with E-state index < -0.39 is 10.0 Å². The fraction of sp³-hybridized carbons (Fsp3) is 0.321. The molecule has 1 fully saturated rings. The molecule has 4 rings (SSSR count). The molecule has 0 spiro atoms. The fourth-order valence-electron chi connectivity index (χ4n) is 4.56. The highest BCUT2D eigenvalue weighted by atomic mass is 32.2. The van der Waals surface area contributed by atoms with Crippen LogP contribution in [0, 0.1) is 0 Å². The number of ether oxygens (including phenoxy) is 1. The van der Waals surface area contributed by atoms with E-state index in [2.05, 4.69) is 5.32 Å². The van der Waals surface area contributed by atoms with Crippen LogP contribution in [0.5, 0.6) is 5.75 Å². The van der Waals surface area contributed by atoms with Gasteiger partial charge < -0.3 is 10.1 Å². The predicted octanol–water partition coefficient (Wildman–Crippen LogP) is 5.42. The van der Waals surface area contributed by atoms with Gasteiger partial charge in [0.25, 0.3) is 0 Å². The minimum Gasteiger partial charge on any atom is -0.495 e. The molecule has 1 amide bonds. The molecule has 0 unspecified atom stereocenters. The van der Waals surface area contributed by atoms with Gasteiger partial charge in [-0.05, 0) is 42.2 Å². The summed E-state index contributed by atoms with van der Waals surface area (Å²) in [5, 5.41) is 2.91. The van der Waals surface area contributed by atoms with Crippen LogP contribution in [0.25, 0.3) is 0 Å². The fourth-order valence-corrected chi connectivity index (χ4v) is 6.11. The SMILES string of the molecule is COc1ccc(S(=O)(=O)N2CCCCCC2)cc1NC(=O)CC(c1ccccc1)c1ccccc1. The third-order valence-corrected chi connectivity index (χ3v) is 8.34. The number of anilines is 1. The second-order valence-corrected chi connectivity index (χ2v) is 10.7. The van der Waals surface area contributed by atoms with Gasteiger partial charge in [0.1, 0.15) is 5.75 Å². The van der Waals surface area contributed by atoms with Crippen molar-refractivity contribution in [3.05, 3.63) is 90.0 Å². The van der Waals surface area contributed by atoms with Crippen molar-refractivity contribution >= 4 is 21.6 Å². The summed E-state index contributed by atoms with van der Waals surface area (Å²) in [5.41, 5.74) is 2.44. The molecule has 1 N–H and O–H groups in total. The van der Waals surface area contributed by atoms with Crippen LogP contribution in [0.3, 0.4) is 0 Å². The summed E-state index contributed by atoms with van der Waals surface area (Å²) < 4.78 is 33.6. The average molecular weight is 493 g/mol. The second-order valence-electron chi connectivity index (χ2n) is 8.81. The Morgan fingerprint density at radius 1 is 0.886 bits per heavy atom. The summed E-state index contributed by atoms with van der Waals surface area (Å²) >= 11 is 0.